The molecule has 2 atom stereocenters. The van der Waals surface area contributed by atoms with Gasteiger partial charge in [-0.2, -0.15) is 0 Å². The summed E-state index contributed by atoms with van der Waals surface area (Å²) < 4.78 is 13.7. The van der Waals surface area contributed by atoms with E-state index in [0.717, 1.165) is 36.8 Å². The van der Waals surface area contributed by atoms with Crippen LogP contribution in [0.5, 0.6) is 0 Å². The summed E-state index contributed by atoms with van der Waals surface area (Å²) in [4.78, 5) is 13.1. The monoisotopic (exact) mass is 364 g/mol. The predicted octanol–water partition coefficient (Wildman–Crippen LogP) is 4.88. The first-order valence-corrected chi connectivity index (χ1v) is 9.79. The molecule has 1 aliphatic heterocycles. The van der Waals surface area contributed by atoms with Gasteiger partial charge in [0.25, 0.3) is 5.91 Å². The summed E-state index contributed by atoms with van der Waals surface area (Å²) in [5, 5.41) is 6.56. The van der Waals surface area contributed by atoms with E-state index in [1.807, 2.05) is 30.5 Å². The fraction of sp³-hybridized carbons (Fsp3) is 0.348. The highest BCUT2D eigenvalue weighted by Gasteiger charge is 2.35. The van der Waals surface area contributed by atoms with Crippen molar-refractivity contribution in [2.45, 2.75) is 44.7 Å². The van der Waals surface area contributed by atoms with Gasteiger partial charge in [-0.3, -0.25) is 4.79 Å². The Morgan fingerprint density at radius 3 is 2.78 bits per heavy atom. The van der Waals surface area contributed by atoms with Crippen LogP contribution in [0.15, 0.2) is 54.7 Å². The largest absolute Gasteiger partial charge is 0.383 e. The molecule has 1 saturated carbocycles. The molecule has 2 aromatic carbocycles. The third-order valence-corrected chi connectivity index (χ3v) is 5.47. The Balaban J connectivity index is 1.59. The molecule has 2 aliphatic rings. The first kappa shape index (κ1) is 17.8. The number of hydrogen-bond donors (Lipinski definition) is 2. The van der Waals surface area contributed by atoms with Crippen LogP contribution in [0.2, 0.25) is 0 Å². The zero-order valence-corrected chi connectivity index (χ0v) is 15.5. The average Bonchev–Trinajstić information content (AvgIpc) is 3.51. The van der Waals surface area contributed by atoms with Gasteiger partial charge in [-0.15, -0.1) is 0 Å². The van der Waals surface area contributed by atoms with Gasteiger partial charge in [-0.1, -0.05) is 49.7 Å². The lowest BCUT2D eigenvalue weighted by atomic mass is 9.89. The number of amides is 1. The normalized spacial score (nSPS) is 19.5. The maximum absolute atomic E-state index is 13.7. The SMILES string of the molecule is CCCC1NC=C(C(=O)N[C@H](c2cccc(F)c2)C2CC2)c2ccccc21. The number of nitrogens with one attached hydrogen (secondary N) is 2. The van der Waals surface area contributed by atoms with Gasteiger partial charge >= 0.3 is 0 Å². The molecule has 27 heavy (non-hydrogen) atoms. The highest BCUT2D eigenvalue weighted by molar-refractivity contribution is 6.20. The van der Waals surface area contributed by atoms with E-state index in [0.29, 0.717) is 11.5 Å². The van der Waals surface area contributed by atoms with Crippen LogP contribution in [0.3, 0.4) is 0 Å². The quantitative estimate of drug-likeness (QED) is 0.767. The van der Waals surface area contributed by atoms with Crippen molar-refractivity contribution < 1.29 is 9.18 Å². The molecular weight excluding hydrogens is 339 g/mol. The van der Waals surface area contributed by atoms with E-state index in [1.54, 1.807) is 6.07 Å². The second-order valence-corrected chi connectivity index (χ2v) is 7.50. The molecule has 0 bridgehead atoms. The molecule has 1 aliphatic carbocycles. The van der Waals surface area contributed by atoms with E-state index in [2.05, 4.69) is 23.6 Å². The molecule has 1 unspecified atom stereocenters. The summed E-state index contributed by atoms with van der Waals surface area (Å²) in [5.41, 5.74) is 3.65. The van der Waals surface area contributed by atoms with E-state index in [1.165, 1.54) is 17.7 Å². The fourth-order valence-corrected chi connectivity index (χ4v) is 3.93. The van der Waals surface area contributed by atoms with E-state index in [-0.39, 0.29) is 23.8 Å². The second-order valence-electron chi connectivity index (χ2n) is 7.50. The zero-order chi connectivity index (χ0) is 18.8. The molecule has 2 aromatic rings. The van der Waals surface area contributed by atoms with Gasteiger partial charge in [0.05, 0.1) is 17.7 Å². The molecule has 1 heterocycles. The summed E-state index contributed by atoms with van der Waals surface area (Å²) in [7, 11) is 0. The lowest BCUT2D eigenvalue weighted by Gasteiger charge is -2.28. The predicted molar refractivity (Wildman–Crippen MR) is 105 cm³/mol. The highest BCUT2D eigenvalue weighted by Crippen LogP contribution is 2.41. The number of rotatable bonds is 6. The van der Waals surface area contributed by atoms with Gasteiger partial charge in [0, 0.05) is 6.20 Å². The number of carbonyl (C=O) groups is 1. The average molecular weight is 364 g/mol. The number of fused-ring (bicyclic) bond motifs is 1. The van der Waals surface area contributed by atoms with Gasteiger partial charge in [-0.05, 0) is 54.0 Å². The van der Waals surface area contributed by atoms with E-state index in [4.69, 9.17) is 0 Å². The van der Waals surface area contributed by atoms with Gasteiger partial charge < -0.3 is 10.6 Å². The van der Waals surface area contributed by atoms with Crippen LogP contribution in [0, 0.1) is 11.7 Å². The smallest absolute Gasteiger partial charge is 0.253 e. The van der Waals surface area contributed by atoms with Crippen molar-refractivity contribution >= 4 is 11.5 Å². The van der Waals surface area contributed by atoms with E-state index < -0.39 is 0 Å². The molecule has 0 radical (unpaired) electrons. The molecule has 4 rings (SSSR count). The van der Waals surface area contributed by atoms with E-state index in [9.17, 15) is 9.18 Å². The molecule has 0 aromatic heterocycles. The van der Waals surface area contributed by atoms with Crippen molar-refractivity contribution in [2.24, 2.45) is 5.92 Å². The Morgan fingerprint density at radius 1 is 1.22 bits per heavy atom. The standard InChI is InChI=1S/C23H25FN2O/c1-2-6-21-19-10-4-3-9-18(19)20(14-25-21)23(27)26-22(15-11-12-15)16-7-5-8-17(24)13-16/h3-5,7-10,13-15,21-22,25H,2,6,11-12H2,1H3,(H,26,27)/t21?,22-/m0/s1. The maximum atomic E-state index is 13.7. The fourth-order valence-electron chi connectivity index (χ4n) is 3.93. The van der Waals surface area contributed by atoms with Crippen molar-refractivity contribution in [1.29, 1.82) is 0 Å². The molecule has 0 spiro atoms. The van der Waals surface area contributed by atoms with Crippen LogP contribution in [0.4, 0.5) is 4.39 Å². The summed E-state index contributed by atoms with van der Waals surface area (Å²) in [6, 6.07) is 14.8. The van der Waals surface area contributed by atoms with Gasteiger partial charge in [0.15, 0.2) is 0 Å². The van der Waals surface area contributed by atoms with Crippen LogP contribution >= 0.6 is 0 Å². The van der Waals surface area contributed by atoms with Crippen LogP contribution in [-0.2, 0) is 4.79 Å². The summed E-state index contributed by atoms with van der Waals surface area (Å²) in [6.45, 7) is 2.16. The Hall–Kier alpha value is -2.62. The van der Waals surface area contributed by atoms with Crippen LogP contribution in [0.25, 0.3) is 5.57 Å². The molecule has 1 fully saturated rings. The van der Waals surface area contributed by atoms with Crippen molar-refractivity contribution in [2.75, 3.05) is 0 Å². The number of benzene rings is 2. The first-order valence-electron chi connectivity index (χ1n) is 9.79. The molecule has 3 nitrogen and oxygen atoms in total. The lowest BCUT2D eigenvalue weighted by molar-refractivity contribution is -0.116. The Morgan fingerprint density at radius 2 is 2.04 bits per heavy atom. The molecule has 140 valence electrons. The third-order valence-electron chi connectivity index (χ3n) is 5.47. The second kappa shape index (κ2) is 7.55. The van der Waals surface area contributed by atoms with Crippen molar-refractivity contribution in [3.63, 3.8) is 0 Å². The summed E-state index contributed by atoms with van der Waals surface area (Å²) in [5.74, 6) is 0.0146. The number of carbonyl (C=O) groups excluding carboxylic acids is 1. The lowest BCUT2D eigenvalue weighted by Crippen LogP contribution is -2.33. The number of halogens is 1. The van der Waals surface area contributed by atoms with Crippen LogP contribution in [0.1, 0.15) is 61.4 Å². The van der Waals surface area contributed by atoms with Gasteiger partial charge in [0.1, 0.15) is 5.82 Å². The molecule has 1 amide bonds. The molecule has 0 saturated heterocycles. The zero-order valence-electron chi connectivity index (χ0n) is 15.5. The molecule has 2 N–H and O–H groups in total. The van der Waals surface area contributed by atoms with Crippen molar-refractivity contribution in [1.82, 2.24) is 10.6 Å². The summed E-state index contributed by atoms with van der Waals surface area (Å²) >= 11 is 0. The molecule has 4 heteroatoms. The summed E-state index contributed by atoms with van der Waals surface area (Å²) in [6.07, 6.45) is 6.07. The van der Waals surface area contributed by atoms with Crippen LogP contribution in [-0.4, -0.2) is 5.91 Å². The third kappa shape index (κ3) is 3.75. The minimum absolute atomic E-state index is 0.106. The van der Waals surface area contributed by atoms with Crippen molar-refractivity contribution in [3.05, 3.63) is 77.2 Å². The minimum atomic E-state index is -0.265. The van der Waals surface area contributed by atoms with Crippen LogP contribution < -0.4 is 10.6 Å². The van der Waals surface area contributed by atoms with Crippen molar-refractivity contribution in [3.8, 4) is 0 Å². The topological polar surface area (TPSA) is 41.1 Å². The Labute approximate surface area is 159 Å². The van der Waals surface area contributed by atoms with E-state index >= 15 is 0 Å². The Bertz CT molecular complexity index is 872. The van der Waals surface area contributed by atoms with Gasteiger partial charge in [-0.25, -0.2) is 4.39 Å². The first-order chi connectivity index (χ1) is 13.2. The van der Waals surface area contributed by atoms with Gasteiger partial charge in [0.2, 0.25) is 0 Å². The molecular formula is C23H25FN2O. The number of hydrogen-bond acceptors (Lipinski definition) is 2. The Kier molecular flexibility index (Phi) is 4.97. The minimum Gasteiger partial charge on any atom is -0.383 e. The maximum Gasteiger partial charge on any atom is 0.253 e. The highest BCUT2D eigenvalue weighted by atomic mass is 19.1.